The van der Waals surface area contributed by atoms with Crippen molar-refractivity contribution in [3.8, 4) is 0 Å². The van der Waals surface area contributed by atoms with Gasteiger partial charge in [0, 0.05) is 19.6 Å². The molecule has 0 aromatic rings. The summed E-state index contributed by atoms with van der Waals surface area (Å²) in [5.74, 6) is 0.189. The fourth-order valence-electron chi connectivity index (χ4n) is 1.58. The van der Waals surface area contributed by atoms with Crippen LogP contribution in [0.3, 0.4) is 0 Å². The Bertz CT molecular complexity index is 230. The molecule has 1 fully saturated rings. The Morgan fingerprint density at radius 3 is 2.44 bits per heavy atom. The standard InChI is InChI=1S/C13H24O3/c1-5-7-16-12-10(14)9-11(12)15-8-6-13(2,3)4/h11-12H,5-9H2,1-4H3. The molecular formula is C13H24O3. The molecule has 1 rings (SSSR count). The predicted molar refractivity (Wildman–Crippen MR) is 63.5 cm³/mol. The third-order valence-electron chi connectivity index (χ3n) is 2.74. The molecule has 3 nitrogen and oxygen atoms in total. The third-order valence-corrected chi connectivity index (χ3v) is 2.74. The van der Waals surface area contributed by atoms with Crippen molar-refractivity contribution >= 4 is 5.78 Å². The Hall–Kier alpha value is -0.410. The maximum Gasteiger partial charge on any atom is 0.166 e. The van der Waals surface area contributed by atoms with E-state index in [0.717, 1.165) is 12.8 Å². The molecule has 16 heavy (non-hydrogen) atoms. The third kappa shape index (κ3) is 4.22. The largest absolute Gasteiger partial charge is 0.375 e. The van der Waals surface area contributed by atoms with Crippen molar-refractivity contribution in [3.05, 3.63) is 0 Å². The first-order valence-corrected chi connectivity index (χ1v) is 6.20. The number of rotatable bonds is 6. The summed E-state index contributed by atoms with van der Waals surface area (Å²) in [6.07, 6.45) is 2.19. The van der Waals surface area contributed by atoms with E-state index < -0.39 is 0 Å². The molecule has 0 heterocycles. The van der Waals surface area contributed by atoms with E-state index >= 15 is 0 Å². The van der Waals surface area contributed by atoms with E-state index in [4.69, 9.17) is 9.47 Å². The number of hydrogen-bond acceptors (Lipinski definition) is 3. The van der Waals surface area contributed by atoms with E-state index in [1.165, 1.54) is 0 Å². The molecule has 0 aromatic carbocycles. The zero-order valence-electron chi connectivity index (χ0n) is 10.9. The summed E-state index contributed by atoms with van der Waals surface area (Å²) < 4.78 is 11.1. The van der Waals surface area contributed by atoms with Gasteiger partial charge in [0.15, 0.2) is 5.78 Å². The fraction of sp³-hybridized carbons (Fsp3) is 0.923. The predicted octanol–water partition coefficient (Wildman–Crippen LogP) is 2.58. The van der Waals surface area contributed by atoms with Crippen LogP contribution in [0.1, 0.15) is 47.0 Å². The normalized spacial score (nSPS) is 25.6. The van der Waals surface area contributed by atoms with Gasteiger partial charge in [-0.25, -0.2) is 0 Å². The quantitative estimate of drug-likeness (QED) is 0.701. The molecule has 2 atom stereocenters. The lowest BCUT2D eigenvalue weighted by atomic mass is 9.89. The molecule has 0 amide bonds. The van der Waals surface area contributed by atoms with Crippen LogP contribution in [0.15, 0.2) is 0 Å². The summed E-state index contributed by atoms with van der Waals surface area (Å²) >= 11 is 0. The van der Waals surface area contributed by atoms with Crippen molar-refractivity contribution in [2.24, 2.45) is 5.41 Å². The molecule has 0 bridgehead atoms. The van der Waals surface area contributed by atoms with Gasteiger partial charge in [-0.3, -0.25) is 4.79 Å². The number of ether oxygens (including phenoxy) is 2. The van der Waals surface area contributed by atoms with Gasteiger partial charge in [0.2, 0.25) is 0 Å². The van der Waals surface area contributed by atoms with Gasteiger partial charge in [0.1, 0.15) is 6.10 Å². The molecule has 3 heteroatoms. The van der Waals surface area contributed by atoms with Gasteiger partial charge in [-0.1, -0.05) is 27.7 Å². The van der Waals surface area contributed by atoms with Gasteiger partial charge >= 0.3 is 0 Å². The second kappa shape index (κ2) is 5.78. The summed E-state index contributed by atoms with van der Waals surface area (Å²) in [5, 5.41) is 0. The molecular weight excluding hydrogens is 204 g/mol. The molecule has 0 spiro atoms. The van der Waals surface area contributed by atoms with E-state index in [1.54, 1.807) is 0 Å². The molecule has 0 N–H and O–H groups in total. The topological polar surface area (TPSA) is 35.5 Å². The summed E-state index contributed by atoms with van der Waals surface area (Å²) in [6, 6.07) is 0. The second-order valence-electron chi connectivity index (χ2n) is 5.68. The van der Waals surface area contributed by atoms with Crippen LogP contribution in [0.25, 0.3) is 0 Å². The first-order chi connectivity index (χ1) is 7.44. The van der Waals surface area contributed by atoms with Crippen molar-refractivity contribution in [3.63, 3.8) is 0 Å². The summed E-state index contributed by atoms with van der Waals surface area (Å²) in [5.41, 5.74) is 0.285. The van der Waals surface area contributed by atoms with Crippen molar-refractivity contribution < 1.29 is 14.3 Å². The van der Waals surface area contributed by atoms with Crippen LogP contribution in [0.4, 0.5) is 0 Å². The molecule has 94 valence electrons. The zero-order valence-corrected chi connectivity index (χ0v) is 10.9. The molecule has 1 aliphatic rings. The van der Waals surface area contributed by atoms with Gasteiger partial charge in [0.25, 0.3) is 0 Å². The highest BCUT2D eigenvalue weighted by molar-refractivity contribution is 5.90. The molecule has 0 aromatic heterocycles. The van der Waals surface area contributed by atoms with Crippen molar-refractivity contribution in [2.45, 2.75) is 59.2 Å². The number of ketones is 1. The van der Waals surface area contributed by atoms with E-state index in [-0.39, 0.29) is 23.4 Å². The minimum Gasteiger partial charge on any atom is -0.375 e. The minimum atomic E-state index is -0.292. The Balaban J connectivity index is 2.20. The van der Waals surface area contributed by atoms with Gasteiger partial charge in [-0.2, -0.15) is 0 Å². The van der Waals surface area contributed by atoms with Gasteiger partial charge < -0.3 is 9.47 Å². The first-order valence-electron chi connectivity index (χ1n) is 6.20. The first kappa shape index (κ1) is 13.7. The maximum atomic E-state index is 11.3. The number of Topliss-reactive ketones (excluding diaryl/α,β-unsaturated/α-hetero) is 1. The molecule has 0 radical (unpaired) electrons. The van der Waals surface area contributed by atoms with Crippen LogP contribution in [-0.4, -0.2) is 31.2 Å². The monoisotopic (exact) mass is 228 g/mol. The van der Waals surface area contributed by atoms with E-state index in [0.29, 0.717) is 19.6 Å². The average molecular weight is 228 g/mol. The van der Waals surface area contributed by atoms with Crippen LogP contribution in [0.5, 0.6) is 0 Å². The number of hydrogen-bond donors (Lipinski definition) is 0. The average Bonchev–Trinajstić information content (AvgIpc) is 2.15. The summed E-state index contributed by atoms with van der Waals surface area (Å²) in [6.45, 7) is 9.97. The van der Waals surface area contributed by atoms with E-state index in [1.807, 2.05) is 6.92 Å². The van der Waals surface area contributed by atoms with Gasteiger partial charge in [-0.15, -0.1) is 0 Å². The molecule has 0 aliphatic heterocycles. The van der Waals surface area contributed by atoms with Crippen molar-refractivity contribution in [1.29, 1.82) is 0 Å². The Kier molecular flexibility index (Phi) is 4.93. The highest BCUT2D eigenvalue weighted by atomic mass is 16.5. The van der Waals surface area contributed by atoms with Crippen LogP contribution in [-0.2, 0) is 14.3 Å². The van der Waals surface area contributed by atoms with Crippen LogP contribution in [0.2, 0.25) is 0 Å². The van der Waals surface area contributed by atoms with Crippen LogP contribution >= 0.6 is 0 Å². The highest BCUT2D eigenvalue weighted by Gasteiger charge is 2.41. The highest BCUT2D eigenvalue weighted by Crippen LogP contribution is 2.25. The van der Waals surface area contributed by atoms with E-state index in [9.17, 15) is 4.79 Å². The van der Waals surface area contributed by atoms with E-state index in [2.05, 4.69) is 20.8 Å². The number of carbonyl (C=O) groups excluding carboxylic acids is 1. The molecule has 0 saturated heterocycles. The Morgan fingerprint density at radius 2 is 1.94 bits per heavy atom. The summed E-state index contributed by atoms with van der Waals surface area (Å²) in [4.78, 5) is 11.3. The van der Waals surface area contributed by atoms with Crippen molar-refractivity contribution in [2.75, 3.05) is 13.2 Å². The fourth-order valence-corrected chi connectivity index (χ4v) is 1.58. The Labute approximate surface area is 98.5 Å². The van der Waals surface area contributed by atoms with Crippen LogP contribution < -0.4 is 0 Å². The lowest BCUT2D eigenvalue weighted by Crippen LogP contribution is -2.50. The molecule has 1 saturated carbocycles. The minimum absolute atomic E-state index is 0.00130. The van der Waals surface area contributed by atoms with Gasteiger partial charge in [-0.05, 0) is 18.3 Å². The molecule has 2 unspecified atom stereocenters. The van der Waals surface area contributed by atoms with Gasteiger partial charge in [0.05, 0.1) is 6.10 Å². The lowest BCUT2D eigenvalue weighted by Gasteiger charge is -2.35. The Morgan fingerprint density at radius 1 is 1.25 bits per heavy atom. The zero-order chi connectivity index (χ0) is 12.2. The lowest BCUT2D eigenvalue weighted by molar-refractivity contribution is -0.166. The maximum absolute atomic E-state index is 11.3. The summed E-state index contributed by atoms with van der Waals surface area (Å²) in [7, 11) is 0. The second-order valence-corrected chi connectivity index (χ2v) is 5.68. The van der Waals surface area contributed by atoms with Crippen molar-refractivity contribution in [1.82, 2.24) is 0 Å². The molecule has 1 aliphatic carbocycles. The smallest absolute Gasteiger partial charge is 0.166 e. The van der Waals surface area contributed by atoms with Crippen LogP contribution in [0, 0.1) is 5.41 Å². The SMILES string of the molecule is CCCOC1C(=O)CC1OCCC(C)(C)C. The number of carbonyl (C=O) groups is 1.